The minimum absolute atomic E-state index is 0.130. The normalized spacial score (nSPS) is 13.4. The summed E-state index contributed by atoms with van der Waals surface area (Å²) in [7, 11) is 0. The highest BCUT2D eigenvalue weighted by Gasteiger charge is 2.23. The average molecular weight is 391 g/mol. The van der Waals surface area contributed by atoms with Crippen LogP contribution in [0.3, 0.4) is 0 Å². The van der Waals surface area contributed by atoms with Crippen LogP contribution in [0.2, 0.25) is 0 Å². The van der Waals surface area contributed by atoms with Gasteiger partial charge < -0.3 is 4.90 Å². The lowest BCUT2D eigenvalue weighted by atomic mass is 10.0. The Morgan fingerprint density at radius 1 is 1.21 bits per heavy atom. The van der Waals surface area contributed by atoms with Gasteiger partial charge in [-0.3, -0.25) is 14.6 Å². The number of fused-ring (bicyclic) bond motifs is 1. The van der Waals surface area contributed by atoms with Crippen molar-refractivity contribution < 1.29 is 4.79 Å². The van der Waals surface area contributed by atoms with E-state index >= 15 is 0 Å². The number of aryl methyl sites for hydroxylation is 3. The molecule has 1 aliphatic rings. The van der Waals surface area contributed by atoms with Gasteiger partial charge in [-0.15, -0.1) is 0 Å². The third kappa shape index (κ3) is 3.72. The molecule has 1 aliphatic heterocycles. The van der Waals surface area contributed by atoms with Crippen molar-refractivity contribution >= 4 is 11.6 Å². The van der Waals surface area contributed by atoms with E-state index in [1.165, 1.54) is 11.6 Å². The Balaban J connectivity index is 1.55. The quantitative estimate of drug-likeness (QED) is 0.741. The number of para-hydroxylation sites is 1. The lowest BCUT2D eigenvalue weighted by molar-refractivity contribution is -0.118. The van der Waals surface area contributed by atoms with E-state index in [1.807, 2.05) is 36.9 Å². The molecule has 3 heterocycles. The van der Waals surface area contributed by atoms with Crippen molar-refractivity contribution in [3.63, 3.8) is 0 Å². The van der Waals surface area contributed by atoms with Crippen LogP contribution in [0.1, 0.15) is 41.1 Å². The number of hydrogen-bond acceptors (Lipinski definition) is 4. The largest absolute Gasteiger partial charge is 0.312 e. The molecule has 1 amide bonds. The number of amides is 1. The van der Waals surface area contributed by atoms with E-state index in [-0.39, 0.29) is 11.5 Å². The molecular formula is C22H25N5O2. The molecule has 7 nitrogen and oxygen atoms in total. The van der Waals surface area contributed by atoms with Crippen LogP contribution in [0.4, 0.5) is 5.69 Å². The van der Waals surface area contributed by atoms with Crippen molar-refractivity contribution in [3.8, 4) is 5.95 Å². The minimum atomic E-state index is -0.208. The van der Waals surface area contributed by atoms with Gasteiger partial charge in [-0.1, -0.05) is 18.2 Å². The molecule has 1 N–H and O–H groups in total. The molecule has 0 spiro atoms. The van der Waals surface area contributed by atoms with Gasteiger partial charge in [-0.2, -0.15) is 5.10 Å². The zero-order chi connectivity index (χ0) is 20.5. The predicted octanol–water partition coefficient (Wildman–Crippen LogP) is 2.79. The van der Waals surface area contributed by atoms with Crippen molar-refractivity contribution in [1.29, 1.82) is 0 Å². The average Bonchev–Trinajstić information content (AvgIpc) is 2.98. The van der Waals surface area contributed by atoms with Gasteiger partial charge in [0.25, 0.3) is 5.56 Å². The molecule has 1 aromatic carbocycles. The molecule has 0 radical (unpaired) electrons. The lowest BCUT2D eigenvalue weighted by Gasteiger charge is -2.29. The van der Waals surface area contributed by atoms with Crippen molar-refractivity contribution in [1.82, 2.24) is 19.7 Å². The molecule has 150 valence electrons. The number of carbonyl (C=O) groups excluding carboxylic acids is 1. The summed E-state index contributed by atoms with van der Waals surface area (Å²) in [6.07, 6.45) is 3.03. The van der Waals surface area contributed by atoms with Crippen LogP contribution in [0, 0.1) is 20.8 Å². The van der Waals surface area contributed by atoms with Gasteiger partial charge in [0.05, 0.1) is 5.69 Å². The molecular weight excluding hydrogens is 366 g/mol. The number of aromatic amines is 1. The van der Waals surface area contributed by atoms with Crippen LogP contribution in [0.5, 0.6) is 0 Å². The van der Waals surface area contributed by atoms with Crippen LogP contribution in [-0.4, -0.2) is 32.2 Å². The Kier molecular flexibility index (Phi) is 5.05. The van der Waals surface area contributed by atoms with Crippen molar-refractivity contribution in [2.24, 2.45) is 0 Å². The van der Waals surface area contributed by atoms with Crippen molar-refractivity contribution in [3.05, 3.63) is 68.9 Å². The van der Waals surface area contributed by atoms with Gasteiger partial charge >= 0.3 is 0 Å². The van der Waals surface area contributed by atoms with Crippen molar-refractivity contribution in [2.75, 3.05) is 11.4 Å². The number of H-pyrrole nitrogens is 1. The fourth-order valence-corrected chi connectivity index (χ4v) is 4.07. The second-order valence-corrected chi connectivity index (χ2v) is 7.55. The highest BCUT2D eigenvalue weighted by Crippen LogP contribution is 2.28. The number of rotatable bonds is 4. The topological polar surface area (TPSA) is 83.9 Å². The monoisotopic (exact) mass is 391 g/mol. The number of carbonyl (C=O) groups is 1. The molecule has 4 rings (SSSR count). The van der Waals surface area contributed by atoms with Gasteiger partial charge in [0.15, 0.2) is 0 Å². The molecule has 29 heavy (non-hydrogen) atoms. The van der Waals surface area contributed by atoms with Gasteiger partial charge in [0.1, 0.15) is 0 Å². The molecule has 0 saturated carbocycles. The van der Waals surface area contributed by atoms with Gasteiger partial charge in [0, 0.05) is 36.1 Å². The molecule has 0 aliphatic carbocycles. The summed E-state index contributed by atoms with van der Waals surface area (Å²) < 4.78 is 1.65. The predicted molar refractivity (Wildman–Crippen MR) is 112 cm³/mol. The molecule has 3 aromatic rings. The second kappa shape index (κ2) is 7.66. The van der Waals surface area contributed by atoms with Crippen LogP contribution >= 0.6 is 0 Å². The highest BCUT2D eigenvalue weighted by atomic mass is 16.2. The minimum Gasteiger partial charge on any atom is -0.312 e. The summed E-state index contributed by atoms with van der Waals surface area (Å²) in [4.78, 5) is 33.8. The fourth-order valence-electron chi connectivity index (χ4n) is 4.07. The molecule has 0 atom stereocenters. The summed E-state index contributed by atoms with van der Waals surface area (Å²) in [6.45, 7) is 6.41. The summed E-state index contributed by atoms with van der Waals surface area (Å²) in [5, 5.41) is 4.55. The Morgan fingerprint density at radius 2 is 2.00 bits per heavy atom. The van der Waals surface area contributed by atoms with Crippen molar-refractivity contribution in [2.45, 2.75) is 46.5 Å². The number of hydrogen-bond donors (Lipinski definition) is 1. The van der Waals surface area contributed by atoms with E-state index in [2.05, 4.69) is 21.1 Å². The van der Waals surface area contributed by atoms with Crippen LogP contribution < -0.4 is 10.5 Å². The molecule has 0 unspecified atom stereocenters. The van der Waals surface area contributed by atoms with Crippen LogP contribution in [0.25, 0.3) is 5.95 Å². The van der Waals surface area contributed by atoms with Gasteiger partial charge in [-0.05, 0) is 57.2 Å². The number of benzene rings is 1. The Morgan fingerprint density at radius 3 is 2.79 bits per heavy atom. The van der Waals surface area contributed by atoms with Crippen LogP contribution in [-0.2, 0) is 17.6 Å². The van der Waals surface area contributed by atoms with Crippen LogP contribution in [0.15, 0.2) is 35.1 Å². The van der Waals surface area contributed by atoms with E-state index in [0.29, 0.717) is 24.5 Å². The van der Waals surface area contributed by atoms with E-state index < -0.39 is 0 Å². The number of aromatic nitrogens is 4. The van der Waals surface area contributed by atoms with E-state index in [4.69, 9.17) is 0 Å². The van der Waals surface area contributed by atoms with Gasteiger partial charge in [0.2, 0.25) is 11.9 Å². The standard InChI is InChI=1S/C22H25N5O2/c1-14-13-20(28)24-22(23-14)27-16(3)18(15(2)25-27)10-11-21(29)26-12-6-8-17-7-4-5-9-19(17)26/h4-5,7,9,13H,6,8,10-12H2,1-3H3,(H,23,24,28). The number of nitrogens with zero attached hydrogens (tertiary/aromatic N) is 4. The first-order valence-electron chi connectivity index (χ1n) is 9.96. The highest BCUT2D eigenvalue weighted by molar-refractivity contribution is 5.94. The molecule has 0 fully saturated rings. The SMILES string of the molecule is Cc1cc(=O)[nH]c(-n2nc(C)c(CCC(=O)N3CCCc4ccccc43)c2C)n1. The number of nitrogens with one attached hydrogen (secondary N) is 1. The zero-order valence-electron chi connectivity index (χ0n) is 17.0. The Hall–Kier alpha value is -3.22. The van der Waals surface area contributed by atoms with E-state index in [9.17, 15) is 9.59 Å². The maximum absolute atomic E-state index is 13.0. The second-order valence-electron chi connectivity index (χ2n) is 7.55. The Labute approximate surface area is 169 Å². The first kappa shape index (κ1) is 19.1. The third-order valence-corrected chi connectivity index (χ3v) is 5.50. The molecule has 2 aromatic heterocycles. The number of anilines is 1. The smallest absolute Gasteiger partial charge is 0.252 e. The molecule has 7 heteroatoms. The summed E-state index contributed by atoms with van der Waals surface area (Å²) in [5.74, 6) is 0.531. The third-order valence-electron chi connectivity index (χ3n) is 5.50. The first-order valence-corrected chi connectivity index (χ1v) is 9.96. The fraction of sp³-hybridized carbons (Fsp3) is 0.364. The van der Waals surface area contributed by atoms with E-state index in [1.54, 1.807) is 11.6 Å². The van der Waals surface area contributed by atoms with E-state index in [0.717, 1.165) is 42.0 Å². The summed E-state index contributed by atoms with van der Waals surface area (Å²) in [5.41, 5.74) is 5.46. The zero-order valence-corrected chi connectivity index (χ0v) is 17.0. The Bertz CT molecular complexity index is 1130. The maximum atomic E-state index is 13.0. The summed E-state index contributed by atoms with van der Waals surface area (Å²) >= 11 is 0. The first-order chi connectivity index (χ1) is 13.9. The van der Waals surface area contributed by atoms with Gasteiger partial charge in [-0.25, -0.2) is 9.67 Å². The summed E-state index contributed by atoms with van der Waals surface area (Å²) in [6, 6.07) is 9.59. The lowest BCUT2D eigenvalue weighted by Crippen LogP contribution is -2.35. The molecule has 0 saturated heterocycles. The maximum Gasteiger partial charge on any atom is 0.252 e. The molecule has 0 bridgehead atoms.